The number of rotatable bonds is 3. The van der Waals surface area contributed by atoms with Crippen LogP contribution in [0, 0.1) is 5.82 Å². The predicted molar refractivity (Wildman–Crippen MR) is 95.6 cm³/mol. The molecular formula is C19H14FN3O3. The summed E-state index contributed by atoms with van der Waals surface area (Å²) in [6.07, 6.45) is 0.530. The van der Waals surface area contributed by atoms with Gasteiger partial charge in [0.05, 0.1) is 11.0 Å². The average molecular weight is 351 g/mol. The molecule has 2 heterocycles. The number of hydrogen-bond donors (Lipinski definition) is 2. The van der Waals surface area contributed by atoms with Crippen LogP contribution in [0.3, 0.4) is 0 Å². The number of halogens is 1. The Morgan fingerprint density at radius 3 is 2.62 bits per heavy atom. The quantitative estimate of drug-likeness (QED) is 0.550. The Bertz CT molecular complexity index is 1290. The van der Waals surface area contributed by atoms with Gasteiger partial charge in [-0.3, -0.25) is 9.59 Å². The van der Waals surface area contributed by atoms with E-state index in [1.165, 1.54) is 16.5 Å². The van der Waals surface area contributed by atoms with Gasteiger partial charge in [-0.2, -0.15) is 0 Å². The highest BCUT2D eigenvalue weighted by Gasteiger charge is 2.12. The fourth-order valence-corrected chi connectivity index (χ4v) is 2.93. The van der Waals surface area contributed by atoms with Crippen LogP contribution in [-0.2, 0) is 6.42 Å². The molecule has 0 aliphatic heterocycles. The summed E-state index contributed by atoms with van der Waals surface area (Å²) in [5, 5.41) is 10.1. The van der Waals surface area contributed by atoms with Crippen molar-refractivity contribution in [3.8, 4) is 0 Å². The van der Waals surface area contributed by atoms with Crippen molar-refractivity contribution in [1.82, 2.24) is 14.4 Å². The number of benzene rings is 2. The molecule has 2 N–H and O–H groups in total. The molecule has 130 valence electrons. The second kappa shape index (κ2) is 6.11. The maximum Gasteiger partial charge on any atom is 0.308 e. The van der Waals surface area contributed by atoms with E-state index < -0.39 is 11.0 Å². The number of fused-ring (bicyclic) bond motifs is 3. The number of para-hydroxylation sites is 2. The maximum absolute atomic E-state index is 12.9. The highest BCUT2D eigenvalue weighted by molar-refractivity contribution is 5.79. The molecule has 26 heavy (non-hydrogen) atoms. The molecule has 4 aromatic rings. The van der Waals surface area contributed by atoms with Crippen LogP contribution >= 0.6 is 0 Å². The first-order chi connectivity index (χ1) is 12.5. The number of hydrogen-bond acceptors (Lipinski definition) is 4. The summed E-state index contributed by atoms with van der Waals surface area (Å²) in [5.41, 5.74) is 0.315. The van der Waals surface area contributed by atoms with E-state index in [9.17, 15) is 19.1 Å². The average Bonchev–Trinajstić information content (AvgIpc) is 3.02. The van der Waals surface area contributed by atoms with Gasteiger partial charge in [-0.1, -0.05) is 24.3 Å². The van der Waals surface area contributed by atoms with Gasteiger partial charge in [0.15, 0.2) is 0 Å². The molecule has 0 spiro atoms. The number of H-pyrrole nitrogens is 1. The summed E-state index contributed by atoms with van der Waals surface area (Å²) >= 11 is 0. The molecule has 0 radical (unpaired) electrons. The normalized spacial score (nSPS) is 12.7. The minimum Gasteiger partial charge on any atom is -0.510 e. The van der Waals surface area contributed by atoms with Crippen molar-refractivity contribution in [3.05, 3.63) is 85.8 Å². The lowest BCUT2D eigenvalue weighted by Crippen LogP contribution is -2.45. The van der Waals surface area contributed by atoms with Crippen LogP contribution in [0.2, 0.25) is 0 Å². The fourth-order valence-electron chi connectivity index (χ4n) is 2.93. The van der Waals surface area contributed by atoms with E-state index in [1.807, 2.05) is 0 Å². The number of aromatic amines is 1. The Morgan fingerprint density at radius 1 is 1.12 bits per heavy atom. The van der Waals surface area contributed by atoms with Crippen LogP contribution in [-0.4, -0.2) is 19.5 Å². The van der Waals surface area contributed by atoms with Crippen molar-refractivity contribution >= 4 is 22.6 Å². The number of aliphatic hydroxyl groups is 1. The van der Waals surface area contributed by atoms with E-state index in [0.717, 1.165) is 5.56 Å². The second-order valence-corrected chi connectivity index (χ2v) is 5.97. The first-order valence-electron chi connectivity index (χ1n) is 8.04. The third-order valence-electron chi connectivity index (χ3n) is 4.27. The monoisotopic (exact) mass is 351 g/mol. The first kappa shape index (κ1) is 16.0. The number of aliphatic hydroxyl groups excluding tert-OH is 1. The Kier molecular flexibility index (Phi) is 3.76. The summed E-state index contributed by atoms with van der Waals surface area (Å²) in [6.45, 7) is 0. The van der Waals surface area contributed by atoms with Gasteiger partial charge in [0.25, 0.3) is 5.43 Å². The Balaban J connectivity index is 1.82. The van der Waals surface area contributed by atoms with Crippen molar-refractivity contribution in [2.75, 3.05) is 0 Å². The van der Waals surface area contributed by atoms with Crippen LogP contribution in [0.4, 0.5) is 4.39 Å². The van der Waals surface area contributed by atoms with Gasteiger partial charge >= 0.3 is 5.56 Å². The minimum absolute atomic E-state index is 0.132. The van der Waals surface area contributed by atoms with Gasteiger partial charge in [-0.25, -0.2) is 13.8 Å². The Labute approximate surface area is 145 Å². The summed E-state index contributed by atoms with van der Waals surface area (Å²) in [6, 6.07) is 12.8. The van der Waals surface area contributed by atoms with Crippen molar-refractivity contribution in [2.24, 2.45) is 0 Å². The van der Waals surface area contributed by atoms with Crippen molar-refractivity contribution in [3.63, 3.8) is 0 Å². The van der Waals surface area contributed by atoms with E-state index in [2.05, 4.69) is 9.97 Å². The smallest absolute Gasteiger partial charge is 0.308 e. The topological polar surface area (TPSA) is 87.5 Å². The number of nitrogens with one attached hydrogen (secondary N) is 1. The largest absolute Gasteiger partial charge is 0.510 e. The third-order valence-corrected chi connectivity index (χ3v) is 4.27. The molecule has 0 aliphatic carbocycles. The summed E-state index contributed by atoms with van der Waals surface area (Å²) < 4.78 is 14.1. The molecule has 7 heteroatoms. The number of aryl methyl sites for hydroxylation is 1. The second-order valence-electron chi connectivity index (χ2n) is 5.97. The zero-order valence-corrected chi connectivity index (χ0v) is 13.6. The van der Waals surface area contributed by atoms with Crippen LogP contribution in [0.5, 0.6) is 0 Å². The van der Waals surface area contributed by atoms with Crippen molar-refractivity contribution in [1.29, 1.82) is 0 Å². The van der Waals surface area contributed by atoms with E-state index in [-0.39, 0.29) is 29.1 Å². The number of aromatic nitrogens is 3. The fraction of sp³-hybridized carbons (Fsp3) is 0.105. The molecule has 0 bridgehead atoms. The van der Waals surface area contributed by atoms with Crippen molar-refractivity contribution in [2.45, 2.75) is 12.8 Å². The van der Waals surface area contributed by atoms with E-state index >= 15 is 0 Å². The lowest BCUT2D eigenvalue weighted by atomic mass is 10.1. The first-order valence-corrected chi connectivity index (χ1v) is 8.04. The van der Waals surface area contributed by atoms with E-state index in [0.29, 0.717) is 17.5 Å². The van der Waals surface area contributed by atoms with Gasteiger partial charge < -0.3 is 10.1 Å². The van der Waals surface area contributed by atoms with Crippen LogP contribution < -0.4 is 16.3 Å². The lowest BCUT2D eigenvalue weighted by molar-refractivity contribution is 0.474. The Hall–Kier alpha value is -3.48. The molecule has 0 fully saturated rings. The van der Waals surface area contributed by atoms with Crippen LogP contribution in [0.15, 0.2) is 58.1 Å². The van der Waals surface area contributed by atoms with Gasteiger partial charge in [0, 0.05) is 6.42 Å². The summed E-state index contributed by atoms with van der Waals surface area (Å²) in [4.78, 5) is 31.9. The van der Waals surface area contributed by atoms with Crippen LogP contribution in [0.1, 0.15) is 12.0 Å². The van der Waals surface area contributed by atoms with Gasteiger partial charge in [0.1, 0.15) is 16.9 Å². The van der Waals surface area contributed by atoms with Crippen molar-refractivity contribution < 1.29 is 9.50 Å². The SMILES string of the molecule is O=c1c(=O)n2c(nc3ccccc32)[nH]/c1=C(\O)CCc1ccc(F)cc1. The summed E-state index contributed by atoms with van der Waals surface area (Å²) in [7, 11) is 0. The molecule has 0 atom stereocenters. The standard InChI is InChI=1S/C19H14FN3O3/c20-12-8-5-11(6-9-12)7-10-15(24)16-17(25)18(26)23-14-4-2-1-3-13(14)21-19(23)22-16/h1-6,8-9,24H,7,10H2,(H,21,22)/b16-15-. The minimum atomic E-state index is -0.822. The Morgan fingerprint density at radius 2 is 1.85 bits per heavy atom. The number of imidazole rings is 1. The molecule has 0 saturated heterocycles. The lowest BCUT2D eigenvalue weighted by Gasteiger charge is -2.02. The zero-order valence-electron chi connectivity index (χ0n) is 13.6. The molecule has 6 nitrogen and oxygen atoms in total. The van der Waals surface area contributed by atoms with Gasteiger partial charge in [-0.05, 0) is 36.2 Å². The molecule has 0 amide bonds. The maximum atomic E-state index is 12.9. The molecular weight excluding hydrogens is 337 g/mol. The van der Waals surface area contributed by atoms with Gasteiger partial charge in [0.2, 0.25) is 5.78 Å². The molecule has 2 aromatic heterocycles. The predicted octanol–water partition coefficient (Wildman–Crippen LogP) is 1.69. The molecule has 0 aliphatic rings. The molecule has 2 aromatic carbocycles. The number of nitrogens with zero attached hydrogens (tertiary/aromatic N) is 2. The van der Waals surface area contributed by atoms with E-state index in [4.69, 9.17) is 0 Å². The zero-order chi connectivity index (χ0) is 18.3. The summed E-state index contributed by atoms with van der Waals surface area (Å²) in [5.74, 6) is -0.380. The molecule has 4 rings (SSSR count). The van der Waals surface area contributed by atoms with Gasteiger partial charge in [-0.15, -0.1) is 0 Å². The highest BCUT2D eigenvalue weighted by atomic mass is 19.1. The third kappa shape index (κ3) is 2.63. The molecule has 0 saturated carbocycles. The molecule has 0 unspecified atom stereocenters. The van der Waals surface area contributed by atoms with Crippen LogP contribution in [0.25, 0.3) is 22.6 Å². The van der Waals surface area contributed by atoms with E-state index in [1.54, 1.807) is 36.4 Å². The highest BCUT2D eigenvalue weighted by Crippen LogP contribution is 2.12.